The van der Waals surface area contributed by atoms with Crippen molar-refractivity contribution in [2.24, 2.45) is 5.92 Å². The van der Waals surface area contributed by atoms with Gasteiger partial charge in [-0.25, -0.2) is 9.78 Å². The Labute approximate surface area is 165 Å². The number of aliphatic carboxylic acids is 1. The van der Waals surface area contributed by atoms with E-state index in [1.165, 1.54) is 0 Å². The number of halogens is 3. The summed E-state index contributed by atoms with van der Waals surface area (Å²) in [5.41, 5.74) is 0.642. The summed E-state index contributed by atoms with van der Waals surface area (Å²) in [6.07, 6.45) is 0.285. The number of hydrogen-bond donors (Lipinski definition) is 1. The van der Waals surface area contributed by atoms with Gasteiger partial charge >= 0.3 is 12.1 Å². The summed E-state index contributed by atoms with van der Waals surface area (Å²) in [6.45, 7) is 4.92. The number of alkyl halides is 3. The van der Waals surface area contributed by atoms with E-state index in [9.17, 15) is 18.0 Å². The number of carboxylic acid groups (broad SMARTS) is 1. The van der Waals surface area contributed by atoms with Crippen LogP contribution in [0.15, 0.2) is 29.1 Å². The van der Waals surface area contributed by atoms with Crippen LogP contribution in [0.3, 0.4) is 0 Å². The quantitative estimate of drug-likeness (QED) is 0.825. The Morgan fingerprint density at radius 1 is 1.34 bits per heavy atom. The highest BCUT2D eigenvalue weighted by molar-refractivity contribution is 5.95. The van der Waals surface area contributed by atoms with Crippen LogP contribution in [0.4, 0.5) is 13.2 Å². The first-order valence-electron chi connectivity index (χ1n) is 8.77. The summed E-state index contributed by atoms with van der Waals surface area (Å²) in [5, 5.41) is 7.12. The number of amides is 1. The lowest BCUT2D eigenvalue weighted by Gasteiger charge is -2.25. The van der Waals surface area contributed by atoms with E-state index in [1.54, 1.807) is 18.5 Å². The van der Waals surface area contributed by atoms with E-state index in [-0.39, 0.29) is 5.91 Å². The average Bonchev–Trinajstić information content (AvgIpc) is 3.18. The molecule has 1 aliphatic heterocycles. The van der Waals surface area contributed by atoms with Gasteiger partial charge in [-0.3, -0.25) is 4.79 Å². The topological polar surface area (TPSA) is 91.8 Å². The van der Waals surface area contributed by atoms with Crippen molar-refractivity contribution in [2.75, 3.05) is 27.2 Å². The Morgan fingerprint density at radius 2 is 2.00 bits per heavy atom. The maximum Gasteiger partial charge on any atom is 0.490 e. The van der Waals surface area contributed by atoms with Crippen LogP contribution >= 0.6 is 0 Å². The van der Waals surface area contributed by atoms with E-state index < -0.39 is 12.1 Å². The van der Waals surface area contributed by atoms with Gasteiger partial charge in [0.1, 0.15) is 11.6 Å². The van der Waals surface area contributed by atoms with Crippen LogP contribution < -0.4 is 0 Å². The Morgan fingerprint density at radius 3 is 2.52 bits per heavy atom. The first-order chi connectivity index (χ1) is 13.5. The normalized spacial score (nSPS) is 16.7. The molecule has 0 saturated heterocycles. The first-order valence-corrected chi connectivity index (χ1v) is 8.77. The van der Waals surface area contributed by atoms with Gasteiger partial charge in [-0.05, 0) is 27.1 Å². The molecular formula is C18H23F3N4O4. The van der Waals surface area contributed by atoms with E-state index in [1.807, 2.05) is 18.0 Å². The number of furan rings is 1. The highest BCUT2D eigenvalue weighted by Crippen LogP contribution is 2.20. The Bertz CT molecular complexity index is 844. The molecule has 1 aliphatic rings. The van der Waals surface area contributed by atoms with Gasteiger partial charge in [-0.2, -0.15) is 13.2 Å². The molecule has 0 bridgehead atoms. The van der Waals surface area contributed by atoms with Gasteiger partial charge in [0.25, 0.3) is 5.91 Å². The fraction of sp³-hybridized carbons (Fsp3) is 0.500. The number of nitrogens with zero attached hydrogens (tertiary/aromatic N) is 4. The van der Waals surface area contributed by atoms with E-state index in [4.69, 9.17) is 14.3 Å². The molecule has 0 aromatic carbocycles. The second kappa shape index (κ2) is 9.12. The van der Waals surface area contributed by atoms with Gasteiger partial charge in [0, 0.05) is 37.9 Å². The third-order valence-electron chi connectivity index (χ3n) is 4.31. The van der Waals surface area contributed by atoms with E-state index in [2.05, 4.69) is 28.5 Å². The third kappa shape index (κ3) is 6.08. The molecule has 3 rings (SSSR count). The minimum atomic E-state index is -5.08. The highest BCUT2D eigenvalue weighted by Gasteiger charge is 2.38. The molecular weight excluding hydrogens is 393 g/mol. The molecule has 1 unspecified atom stereocenters. The molecule has 0 aliphatic carbocycles. The van der Waals surface area contributed by atoms with Crippen molar-refractivity contribution in [3.05, 3.63) is 41.9 Å². The number of carboxylic acids is 1. The van der Waals surface area contributed by atoms with Gasteiger partial charge < -0.3 is 23.9 Å². The van der Waals surface area contributed by atoms with Crippen LogP contribution in [0.5, 0.6) is 0 Å². The number of hydrogen-bond acceptors (Lipinski definition) is 5. The minimum Gasteiger partial charge on any atom is -0.475 e. The van der Waals surface area contributed by atoms with E-state index in [0.717, 1.165) is 25.5 Å². The summed E-state index contributed by atoms with van der Waals surface area (Å²) >= 11 is 0. The molecule has 8 nitrogen and oxygen atoms in total. The molecule has 0 fully saturated rings. The summed E-state index contributed by atoms with van der Waals surface area (Å²) in [6, 6.07) is 1.75. The lowest BCUT2D eigenvalue weighted by atomic mass is 10.1. The average molecular weight is 416 g/mol. The summed E-state index contributed by atoms with van der Waals surface area (Å²) < 4.78 is 39.2. The molecule has 1 atom stereocenters. The molecule has 2 aromatic heterocycles. The minimum absolute atomic E-state index is 0.0199. The smallest absolute Gasteiger partial charge is 0.475 e. The summed E-state index contributed by atoms with van der Waals surface area (Å²) in [7, 11) is 4.12. The number of carbonyl (C=O) groups excluding carboxylic acids is 1. The second-order valence-electron chi connectivity index (χ2n) is 7.00. The molecule has 29 heavy (non-hydrogen) atoms. The predicted octanol–water partition coefficient (Wildman–Crippen LogP) is 2.25. The number of imidazole rings is 1. The molecule has 1 amide bonds. The molecule has 11 heteroatoms. The van der Waals surface area contributed by atoms with E-state index >= 15 is 0 Å². The second-order valence-corrected chi connectivity index (χ2v) is 7.00. The molecule has 0 saturated carbocycles. The SMILES string of the molecule is Cc1occc1C(=O)N1Cc2nccn2CC(CN(C)C)C1.O=C(O)C(F)(F)F. The zero-order valence-electron chi connectivity index (χ0n) is 16.3. The number of fused-ring (bicyclic) bond motifs is 1. The fourth-order valence-corrected chi connectivity index (χ4v) is 3.10. The van der Waals surface area contributed by atoms with Crippen molar-refractivity contribution >= 4 is 11.9 Å². The van der Waals surface area contributed by atoms with Crippen molar-refractivity contribution in [1.82, 2.24) is 19.4 Å². The summed E-state index contributed by atoms with van der Waals surface area (Å²) in [4.78, 5) is 30.2. The molecule has 0 radical (unpaired) electrons. The number of aromatic nitrogens is 2. The van der Waals surface area contributed by atoms with Crippen molar-refractivity contribution in [3.63, 3.8) is 0 Å². The lowest BCUT2D eigenvalue weighted by Crippen LogP contribution is -2.37. The van der Waals surface area contributed by atoms with Crippen LogP contribution in [-0.4, -0.2) is 69.7 Å². The molecule has 160 valence electrons. The molecule has 2 aromatic rings. The maximum absolute atomic E-state index is 12.8. The van der Waals surface area contributed by atoms with Crippen LogP contribution in [0.25, 0.3) is 0 Å². The molecule has 3 heterocycles. The molecule has 1 N–H and O–H groups in total. The predicted molar refractivity (Wildman–Crippen MR) is 96.1 cm³/mol. The van der Waals surface area contributed by atoms with Crippen molar-refractivity contribution in [1.29, 1.82) is 0 Å². The lowest BCUT2D eigenvalue weighted by molar-refractivity contribution is -0.192. The Balaban J connectivity index is 0.000000370. The third-order valence-corrected chi connectivity index (χ3v) is 4.31. The highest BCUT2D eigenvalue weighted by atomic mass is 19.4. The number of rotatable bonds is 3. The van der Waals surface area contributed by atoms with Gasteiger partial charge in [0.2, 0.25) is 0 Å². The van der Waals surface area contributed by atoms with Crippen LogP contribution in [0.2, 0.25) is 0 Å². The maximum atomic E-state index is 12.8. The first kappa shape index (κ1) is 22.5. The van der Waals surface area contributed by atoms with Gasteiger partial charge in [-0.15, -0.1) is 0 Å². The summed E-state index contributed by atoms with van der Waals surface area (Å²) in [5.74, 6) is -0.752. The number of carbonyl (C=O) groups is 2. The van der Waals surface area contributed by atoms with Crippen LogP contribution in [0.1, 0.15) is 21.9 Å². The van der Waals surface area contributed by atoms with E-state index in [0.29, 0.717) is 23.8 Å². The standard InChI is InChI=1S/C16H22N4O2.C2HF3O2/c1-12-14(4-7-22-12)16(21)20-10-13(8-18(2)3)9-19-6-5-17-15(19)11-20;3-2(4,5)1(6)7/h4-7,13H,8-11H2,1-3H3;(H,6,7). The van der Waals surface area contributed by atoms with Crippen LogP contribution in [0, 0.1) is 12.8 Å². The van der Waals surface area contributed by atoms with Crippen molar-refractivity contribution in [3.8, 4) is 0 Å². The Kier molecular flexibility index (Phi) is 7.07. The molecule has 0 spiro atoms. The monoisotopic (exact) mass is 416 g/mol. The fourth-order valence-electron chi connectivity index (χ4n) is 3.10. The van der Waals surface area contributed by atoms with Crippen molar-refractivity contribution in [2.45, 2.75) is 26.2 Å². The van der Waals surface area contributed by atoms with Crippen LogP contribution in [-0.2, 0) is 17.9 Å². The number of aryl methyl sites for hydroxylation is 1. The van der Waals surface area contributed by atoms with Gasteiger partial charge in [0.15, 0.2) is 0 Å². The largest absolute Gasteiger partial charge is 0.490 e. The van der Waals surface area contributed by atoms with Gasteiger partial charge in [0.05, 0.1) is 18.4 Å². The zero-order chi connectivity index (χ0) is 21.8. The van der Waals surface area contributed by atoms with Gasteiger partial charge in [-0.1, -0.05) is 0 Å². The van der Waals surface area contributed by atoms with Crippen molar-refractivity contribution < 1.29 is 32.3 Å². The zero-order valence-corrected chi connectivity index (χ0v) is 16.3. The Hall–Kier alpha value is -2.82.